The lowest BCUT2D eigenvalue weighted by atomic mass is 10.4. The van der Waals surface area contributed by atoms with Gasteiger partial charge in [0.05, 0.1) is 6.61 Å². The fourth-order valence-corrected chi connectivity index (χ4v) is 0.461. The summed E-state index contributed by atoms with van der Waals surface area (Å²) in [5, 5.41) is 2.70. The van der Waals surface area contributed by atoms with E-state index in [1.54, 1.807) is 7.05 Å². The first-order chi connectivity index (χ1) is 3.81. The summed E-state index contributed by atoms with van der Waals surface area (Å²) >= 11 is 0. The second-order valence-electron chi connectivity index (χ2n) is 1.61. The molecule has 0 radical (unpaired) electrons. The van der Waals surface area contributed by atoms with Crippen LogP contribution in [0.15, 0.2) is 0 Å². The fraction of sp³-hybridized carbons (Fsp3) is 1.00. The molecule has 0 unspecified atom stereocenters. The van der Waals surface area contributed by atoms with Crippen molar-refractivity contribution in [3.05, 3.63) is 0 Å². The van der Waals surface area contributed by atoms with Gasteiger partial charge >= 0.3 is 0 Å². The summed E-state index contributed by atoms with van der Waals surface area (Å²) in [6.45, 7) is 0.550. The monoisotopic (exact) mass is 121 g/mol. The molecule has 0 heterocycles. The van der Waals surface area contributed by atoms with Gasteiger partial charge in [0.2, 0.25) is 0 Å². The van der Waals surface area contributed by atoms with Crippen LogP contribution in [0.25, 0.3) is 0 Å². The van der Waals surface area contributed by atoms with Gasteiger partial charge in [0.1, 0.15) is 6.17 Å². The molecule has 0 spiro atoms. The van der Waals surface area contributed by atoms with Gasteiger partial charge in [-0.2, -0.15) is 0 Å². The van der Waals surface area contributed by atoms with Crippen molar-refractivity contribution in [1.82, 2.24) is 5.32 Å². The zero-order valence-corrected chi connectivity index (χ0v) is 5.28. The van der Waals surface area contributed by atoms with Crippen LogP contribution in [0.5, 0.6) is 0 Å². The Morgan fingerprint density at radius 3 is 2.75 bits per heavy atom. The Labute approximate surface area is 49.0 Å². The Morgan fingerprint density at radius 2 is 2.38 bits per heavy atom. The number of halogens is 1. The third-order valence-electron chi connectivity index (χ3n) is 0.773. The topological polar surface area (TPSA) is 21.3 Å². The molecule has 0 aliphatic heterocycles. The summed E-state index contributed by atoms with van der Waals surface area (Å²) in [5.74, 6) is 0. The lowest BCUT2D eigenvalue weighted by Crippen LogP contribution is -2.23. The van der Waals surface area contributed by atoms with E-state index in [9.17, 15) is 4.39 Å². The number of alkyl halides is 1. The molecule has 2 nitrogen and oxygen atoms in total. The Kier molecular flexibility index (Phi) is 4.90. The van der Waals surface area contributed by atoms with Gasteiger partial charge in [0, 0.05) is 13.7 Å². The van der Waals surface area contributed by atoms with Gasteiger partial charge in [-0.1, -0.05) is 0 Å². The van der Waals surface area contributed by atoms with Crippen molar-refractivity contribution in [1.29, 1.82) is 0 Å². The molecule has 0 aliphatic rings. The van der Waals surface area contributed by atoms with E-state index in [2.05, 4.69) is 10.1 Å². The maximum atomic E-state index is 12.2. The number of hydrogen-bond donors (Lipinski definition) is 1. The predicted octanol–water partition coefficient (Wildman–Crippen LogP) is 0.190. The summed E-state index contributed by atoms with van der Waals surface area (Å²) in [6, 6.07) is 0. The summed E-state index contributed by atoms with van der Waals surface area (Å²) < 4.78 is 16.8. The molecule has 0 aromatic heterocycles. The highest BCUT2D eigenvalue weighted by atomic mass is 19.1. The zero-order chi connectivity index (χ0) is 6.41. The van der Waals surface area contributed by atoms with Crippen LogP contribution < -0.4 is 5.32 Å². The van der Waals surface area contributed by atoms with Crippen molar-refractivity contribution in [2.24, 2.45) is 0 Å². The molecule has 0 saturated heterocycles. The van der Waals surface area contributed by atoms with Gasteiger partial charge in [-0.05, 0) is 7.05 Å². The summed E-state index contributed by atoms with van der Waals surface area (Å²) in [7, 11) is 3.20. The first kappa shape index (κ1) is 7.85. The maximum absolute atomic E-state index is 12.2. The third kappa shape index (κ3) is 4.02. The molecule has 0 bridgehead atoms. The molecule has 0 saturated carbocycles. The lowest BCUT2D eigenvalue weighted by molar-refractivity contribution is 0.124. The van der Waals surface area contributed by atoms with Crippen LogP contribution >= 0.6 is 0 Å². The van der Waals surface area contributed by atoms with E-state index >= 15 is 0 Å². The van der Waals surface area contributed by atoms with Crippen molar-refractivity contribution < 1.29 is 9.13 Å². The molecule has 50 valence electrons. The second kappa shape index (κ2) is 5.00. The quantitative estimate of drug-likeness (QED) is 0.573. The van der Waals surface area contributed by atoms with Crippen molar-refractivity contribution >= 4 is 0 Å². The standard InChI is InChI=1S/C5H12FNO/c1-7-3-5(6)4-8-2/h5,7H,3-4H2,1-2H3/t5-/m0/s1. The Hall–Kier alpha value is -0.150. The highest BCUT2D eigenvalue weighted by Crippen LogP contribution is 1.86. The molecule has 0 amide bonds. The van der Waals surface area contributed by atoms with Gasteiger partial charge in [0.15, 0.2) is 0 Å². The third-order valence-corrected chi connectivity index (χ3v) is 0.773. The fourth-order valence-electron chi connectivity index (χ4n) is 0.461. The summed E-state index contributed by atoms with van der Waals surface area (Å²) in [4.78, 5) is 0. The van der Waals surface area contributed by atoms with Gasteiger partial charge in [-0.15, -0.1) is 0 Å². The molecular formula is C5H12FNO. The van der Waals surface area contributed by atoms with E-state index in [4.69, 9.17) is 0 Å². The average molecular weight is 121 g/mol. The van der Waals surface area contributed by atoms with Crippen LogP contribution in [0, 0.1) is 0 Å². The van der Waals surface area contributed by atoms with Gasteiger partial charge in [-0.3, -0.25) is 0 Å². The van der Waals surface area contributed by atoms with Crippen molar-refractivity contribution in [2.45, 2.75) is 6.17 Å². The summed E-state index contributed by atoms with van der Waals surface area (Å²) in [6.07, 6.45) is -0.870. The molecule has 1 atom stereocenters. The highest BCUT2D eigenvalue weighted by molar-refractivity contribution is 4.54. The first-order valence-corrected chi connectivity index (χ1v) is 2.59. The number of nitrogens with one attached hydrogen (secondary N) is 1. The minimum Gasteiger partial charge on any atom is -0.382 e. The molecule has 3 heteroatoms. The number of methoxy groups -OCH3 is 1. The molecule has 0 aliphatic carbocycles. The molecule has 1 N–H and O–H groups in total. The van der Waals surface area contributed by atoms with E-state index in [1.165, 1.54) is 7.11 Å². The van der Waals surface area contributed by atoms with E-state index in [-0.39, 0.29) is 6.61 Å². The maximum Gasteiger partial charge on any atom is 0.136 e. The average Bonchev–Trinajstić information content (AvgIpc) is 1.68. The van der Waals surface area contributed by atoms with Crippen LogP contribution in [-0.4, -0.2) is 33.5 Å². The smallest absolute Gasteiger partial charge is 0.136 e. The van der Waals surface area contributed by atoms with Gasteiger partial charge < -0.3 is 10.1 Å². The van der Waals surface area contributed by atoms with E-state index in [1.807, 2.05) is 0 Å². The number of ether oxygens (including phenoxy) is 1. The molecule has 8 heavy (non-hydrogen) atoms. The Bertz CT molecular complexity index is 45.7. The second-order valence-corrected chi connectivity index (χ2v) is 1.61. The Balaban J connectivity index is 2.92. The van der Waals surface area contributed by atoms with E-state index < -0.39 is 6.17 Å². The zero-order valence-electron chi connectivity index (χ0n) is 5.28. The minimum atomic E-state index is -0.870. The van der Waals surface area contributed by atoms with Crippen molar-refractivity contribution in [3.8, 4) is 0 Å². The largest absolute Gasteiger partial charge is 0.382 e. The van der Waals surface area contributed by atoms with Gasteiger partial charge in [-0.25, -0.2) is 4.39 Å². The SMILES string of the molecule is CNC[C@H](F)COC. The van der Waals surface area contributed by atoms with E-state index in [0.29, 0.717) is 6.54 Å². The van der Waals surface area contributed by atoms with Crippen molar-refractivity contribution in [3.63, 3.8) is 0 Å². The highest BCUT2D eigenvalue weighted by Gasteiger charge is 2.01. The molecular weight excluding hydrogens is 109 g/mol. The Morgan fingerprint density at radius 1 is 1.75 bits per heavy atom. The molecule has 0 fully saturated rings. The normalized spacial score (nSPS) is 13.9. The minimum absolute atomic E-state index is 0.181. The first-order valence-electron chi connectivity index (χ1n) is 2.59. The van der Waals surface area contributed by atoms with Crippen LogP contribution in [0.4, 0.5) is 4.39 Å². The lowest BCUT2D eigenvalue weighted by Gasteiger charge is -2.03. The van der Waals surface area contributed by atoms with Crippen LogP contribution in [0.1, 0.15) is 0 Å². The molecule has 0 aromatic rings. The van der Waals surface area contributed by atoms with Crippen LogP contribution in [0.3, 0.4) is 0 Å². The van der Waals surface area contributed by atoms with Crippen molar-refractivity contribution in [2.75, 3.05) is 27.3 Å². The van der Waals surface area contributed by atoms with Crippen LogP contribution in [-0.2, 0) is 4.74 Å². The predicted molar refractivity (Wildman–Crippen MR) is 30.7 cm³/mol. The number of hydrogen-bond acceptors (Lipinski definition) is 2. The summed E-state index contributed by atoms with van der Waals surface area (Å²) in [5.41, 5.74) is 0. The molecule has 0 rings (SSSR count). The van der Waals surface area contributed by atoms with Crippen LogP contribution in [0.2, 0.25) is 0 Å². The number of rotatable bonds is 4. The van der Waals surface area contributed by atoms with E-state index in [0.717, 1.165) is 0 Å². The van der Waals surface area contributed by atoms with Gasteiger partial charge in [0.25, 0.3) is 0 Å². The molecule has 0 aromatic carbocycles.